The Morgan fingerprint density at radius 1 is 0.286 bits per heavy atom. The average Bonchev–Trinajstić information content (AvgIpc) is 3.36. The van der Waals surface area contributed by atoms with Gasteiger partial charge in [0.1, 0.15) is 13.2 Å². The highest BCUT2D eigenvalue weighted by molar-refractivity contribution is 5.71. The number of carbonyl (C=O) groups excluding carboxylic acids is 3. The van der Waals surface area contributed by atoms with E-state index in [-0.39, 0.29) is 31.1 Å². The van der Waals surface area contributed by atoms with Gasteiger partial charge in [0, 0.05) is 19.3 Å². The van der Waals surface area contributed by atoms with Crippen molar-refractivity contribution >= 4 is 17.9 Å². The summed E-state index contributed by atoms with van der Waals surface area (Å²) < 4.78 is 16.9. The molecule has 0 bridgehead atoms. The summed E-state index contributed by atoms with van der Waals surface area (Å²) in [6.45, 7) is 6.63. The molecular weight excluding hydrogens is 865 g/mol. The van der Waals surface area contributed by atoms with E-state index < -0.39 is 6.10 Å². The Morgan fingerprint density at radius 3 is 0.829 bits per heavy atom. The topological polar surface area (TPSA) is 78.9 Å². The van der Waals surface area contributed by atoms with Crippen molar-refractivity contribution in [2.24, 2.45) is 0 Å². The summed E-state index contributed by atoms with van der Waals surface area (Å²) in [5.74, 6) is -0.875. The Morgan fingerprint density at radius 2 is 0.514 bits per heavy atom. The Bertz CT molecular complexity index is 1220. The largest absolute Gasteiger partial charge is 0.462 e. The third-order valence-corrected chi connectivity index (χ3v) is 13.5. The van der Waals surface area contributed by atoms with Crippen LogP contribution in [0.15, 0.2) is 48.6 Å². The lowest BCUT2D eigenvalue weighted by molar-refractivity contribution is -0.167. The second-order valence-corrected chi connectivity index (χ2v) is 20.6. The van der Waals surface area contributed by atoms with Crippen molar-refractivity contribution in [1.29, 1.82) is 0 Å². The molecule has 0 aromatic heterocycles. The average molecular weight is 982 g/mol. The SMILES string of the molecule is CCCCC/C=C\C/C=C\CCCCCCCCCCCC(=O)OCC(COC(=O)CCCCCCC/C=C\CCCCCCC)OC(=O)CCCCCCCCCCC/C=C\CCCCCCCC. The zero-order chi connectivity index (χ0) is 50.7. The van der Waals surface area contributed by atoms with E-state index in [1.54, 1.807) is 0 Å². The quantitative estimate of drug-likeness (QED) is 0.0261. The van der Waals surface area contributed by atoms with Gasteiger partial charge in [0.2, 0.25) is 0 Å². The maximum atomic E-state index is 12.9. The van der Waals surface area contributed by atoms with Gasteiger partial charge in [-0.3, -0.25) is 14.4 Å². The van der Waals surface area contributed by atoms with Crippen molar-refractivity contribution < 1.29 is 28.6 Å². The molecule has 0 amide bonds. The molecule has 70 heavy (non-hydrogen) atoms. The van der Waals surface area contributed by atoms with Gasteiger partial charge in [-0.05, 0) is 103 Å². The fourth-order valence-electron chi connectivity index (χ4n) is 8.88. The standard InChI is InChI=1S/C64H116O6/c1-4-7-10-13-16-19-22-25-28-30-32-34-36-39-42-45-48-51-54-57-63(66)69-60-61(59-68-62(65)56-53-50-47-44-41-38-27-24-21-18-15-12-9-6-3)70-64(67)58-55-52-49-46-43-40-37-35-33-31-29-26-23-20-17-14-11-8-5-2/h16,19,24-29,61H,4-15,17-18,20-23,30-60H2,1-3H3/b19-16-,27-24-,28-25-,29-26-. The molecule has 0 saturated heterocycles. The summed E-state index contributed by atoms with van der Waals surface area (Å²) >= 11 is 0. The van der Waals surface area contributed by atoms with Gasteiger partial charge < -0.3 is 14.2 Å². The van der Waals surface area contributed by atoms with Gasteiger partial charge in [-0.2, -0.15) is 0 Å². The van der Waals surface area contributed by atoms with Crippen LogP contribution in [0.25, 0.3) is 0 Å². The minimum absolute atomic E-state index is 0.0768. The minimum Gasteiger partial charge on any atom is -0.462 e. The van der Waals surface area contributed by atoms with E-state index in [1.165, 1.54) is 212 Å². The molecule has 0 saturated carbocycles. The molecule has 6 heteroatoms. The van der Waals surface area contributed by atoms with Crippen LogP contribution in [0.2, 0.25) is 0 Å². The summed E-state index contributed by atoms with van der Waals surface area (Å²) in [6, 6.07) is 0. The highest BCUT2D eigenvalue weighted by atomic mass is 16.6. The Balaban J connectivity index is 4.35. The van der Waals surface area contributed by atoms with Crippen LogP contribution in [-0.2, 0) is 28.6 Å². The molecule has 408 valence electrons. The number of carbonyl (C=O) groups is 3. The van der Waals surface area contributed by atoms with E-state index in [0.717, 1.165) is 70.6 Å². The summed E-state index contributed by atoms with van der Waals surface area (Å²) in [5.41, 5.74) is 0. The number of hydrogen-bond acceptors (Lipinski definition) is 6. The molecule has 1 unspecified atom stereocenters. The highest BCUT2D eigenvalue weighted by Crippen LogP contribution is 2.16. The van der Waals surface area contributed by atoms with Crippen LogP contribution in [0.1, 0.15) is 323 Å². The molecule has 0 N–H and O–H groups in total. The molecule has 0 aliphatic heterocycles. The van der Waals surface area contributed by atoms with Gasteiger partial charge in [-0.1, -0.05) is 249 Å². The number of hydrogen-bond donors (Lipinski definition) is 0. The van der Waals surface area contributed by atoms with Crippen LogP contribution in [-0.4, -0.2) is 37.2 Å². The maximum Gasteiger partial charge on any atom is 0.306 e. The van der Waals surface area contributed by atoms with Crippen molar-refractivity contribution in [3.63, 3.8) is 0 Å². The zero-order valence-corrected chi connectivity index (χ0v) is 46.8. The van der Waals surface area contributed by atoms with Crippen molar-refractivity contribution in [2.75, 3.05) is 13.2 Å². The Kier molecular flexibility index (Phi) is 56.7. The predicted molar refractivity (Wildman–Crippen MR) is 302 cm³/mol. The maximum absolute atomic E-state index is 12.9. The van der Waals surface area contributed by atoms with Gasteiger partial charge in [-0.15, -0.1) is 0 Å². The van der Waals surface area contributed by atoms with Crippen molar-refractivity contribution in [1.82, 2.24) is 0 Å². The van der Waals surface area contributed by atoms with E-state index in [9.17, 15) is 14.4 Å². The van der Waals surface area contributed by atoms with Crippen molar-refractivity contribution in [3.05, 3.63) is 48.6 Å². The van der Waals surface area contributed by atoms with Crippen LogP contribution >= 0.6 is 0 Å². The van der Waals surface area contributed by atoms with E-state index in [2.05, 4.69) is 69.4 Å². The number of rotatable bonds is 56. The number of allylic oxidation sites excluding steroid dienone is 8. The van der Waals surface area contributed by atoms with Crippen molar-refractivity contribution in [2.45, 2.75) is 329 Å². The number of ether oxygens (including phenoxy) is 3. The molecule has 0 heterocycles. The predicted octanol–water partition coefficient (Wildman–Crippen LogP) is 20.6. The minimum atomic E-state index is -0.779. The third-order valence-electron chi connectivity index (χ3n) is 13.5. The molecule has 0 fully saturated rings. The van der Waals surface area contributed by atoms with Gasteiger partial charge in [0.15, 0.2) is 6.10 Å². The van der Waals surface area contributed by atoms with E-state index in [4.69, 9.17) is 14.2 Å². The van der Waals surface area contributed by atoms with Gasteiger partial charge >= 0.3 is 17.9 Å². The van der Waals surface area contributed by atoms with E-state index in [1.807, 2.05) is 0 Å². The summed E-state index contributed by atoms with van der Waals surface area (Å²) in [4.78, 5) is 38.2. The van der Waals surface area contributed by atoms with Crippen LogP contribution in [0.5, 0.6) is 0 Å². The second kappa shape index (κ2) is 58.9. The van der Waals surface area contributed by atoms with Crippen LogP contribution in [0, 0.1) is 0 Å². The molecule has 0 aliphatic carbocycles. The normalized spacial score (nSPS) is 12.3. The molecular formula is C64H116O6. The Labute approximate surface area is 435 Å². The molecule has 0 rings (SSSR count). The highest BCUT2D eigenvalue weighted by Gasteiger charge is 2.19. The first kappa shape index (κ1) is 67.4. The number of esters is 3. The Hall–Kier alpha value is -2.63. The fourth-order valence-corrected chi connectivity index (χ4v) is 8.88. The fraction of sp³-hybridized carbons (Fsp3) is 0.828. The number of unbranched alkanes of at least 4 members (excludes halogenated alkanes) is 37. The first-order valence-corrected chi connectivity index (χ1v) is 30.6. The smallest absolute Gasteiger partial charge is 0.306 e. The third kappa shape index (κ3) is 56.3. The van der Waals surface area contributed by atoms with E-state index >= 15 is 0 Å². The van der Waals surface area contributed by atoms with Crippen LogP contribution in [0.4, 0.5) is 0 Å². The molecule has 0 spiro atoms. The summed E-state index contributed by atoms with van der Waals surface area (Å²) in [7, 11) is 0. The molecule has 0 aromatic carbocycles. The lowest BCUT2D eigenvalue weighted by Crippen LogP contribution is -2.30. The van der Waals surface area contributed by atoms with Crippen molar-refractivity contribution in [3.8, 4) is 0 Å². The first-order chi connectivity index (χ1) is 34.5. The first-order valence-electron chi connectivity index (χ1n) is 30.6. The van der Waals surface area contributed by atoms with Crippen LogP contribution < -0.4 is 0 Å². The molecule has 0 radical (unpaired) electrons. The van der Waals surface area contributed by atoms with Gasteiger partial charge in [-0.25, -0.2) is 0 Å². The van der Waals surface area contributed by atoms with Gasteiger partial charge in [0.05, 0.1) is 0 Å². The molecule has 1 atom stereocenters. The van der Waals surface area contributed by atoms with E-state index in [0.29, 0.717) is 19.3 Å². The van der Waals surface area contributed by atoms with Crippen LogP contribution in [0.3, 0.4) is 0 Å². The molecule has 6 nitrogen and oxygen atoms in total. The lowest BCUT2D eigenvalue weighted by Gasteiger charge is -2.18. The second-order valence-electron chi connectivity index (χ2n) is 20.6. The molecule has 0 aliphatic rings. The monoisotopic (exact) mass is 981 g/mol. The lowest BCUT2D eigenvalue weighted by atomic mass is 10.1. The summed E-state index contributed by atoms with van der Waals surface area (Å²) in [5, 5.41) is 0. The summed E-state index contributed by atoms with van der Waals surface area (Å²) in [6.07, 6.45) is 72.4. The van der Waals surface area contributed by atoms with Gasteiger partial charge in [0.25, 0.3) is 0 Å². The molecule has 0 aromatic rings. The zero-order valence-electron chi connectivity index (χ0n) is 46.8.